The summed E-state index contributed by atoms with van der Waals surface area (Å²) >= 11 is 0. The van der Waals surface area contributed by atoms with Gasteiger partial charge in [-0.05, 0) is 271 Å². The third-order valence-corrected chi connectivity index (χ3v) is 29.1. The van der Waals surface area contributed by atoms with E-state index in [0.717, 1.165) is 94.8 Å². The van der Waals surface area contributed by atoms with Crippen molar-refractivity contribution >= 4 is 5.97 Å². The van der Waals surface area contributed by atoms with Crippen LogP contribution in [-0.2, 0) is 34.8 Å². The third kappa shape index (κ3) is 21.2. The largest absolute Gasteiger partial charge is 0.494 e. The molecule has 0 atom stereocenters. The number of carbonyl (C=O) groups is 1. The van der Waals surface area contributed by atoms with Crippen LogP contribution in [0.5, 0.6) is 5.75 Å². The quantitative estimate of drug-likeness (QED) is 0.0175. The number of hydrogen-bond acceptors (Lipinski definition) is 3. The molecule has 3 fully saturated rings. The predicted molar refractivity (Wildman–Crippen MR) is 537 cm³/mol. The summed E-state index contributed by atoms with van der Waals surface area (Å²) in [6.07, 6.45) is 32.6. The molecular weight excluding hydrogens is 1550 g/mol. The van der Waals surface area contributed by atoms with E-state index in [-0.39, 0.29) is 5.97 Å². The molecule has 646 valence electrons. The third-order valence-electron chi connectivity index (χ3n) is 29.1. The number of hydrogen-bond donors (Lipinski definition) is 0. The van der Waals surface area contributed by atoms with Crippen molar-refractivity contribution in [2.24, 2.45) is 0 Å². The molecule has 17 rings (SSSR count). The first kappa shape index (κ1) is 88.0. The van der Waals surface area contributed by atoms with E-state index in [1.807, 2.05) is 48.5 Å². The van der Waals surface area contributed by atoms with E-state index in [2.05, 4.69) is 324 Å². The van der Waals surface area contributed by atoms with Gasteiger partial charge in [0.25, 0.3) is 0 Å². The molecule has 0 aromatic heterocycles. The van der Waals surface area contributed by atoms with Crippen molar-refractivity contribution in [2.45, 2.75) is 229 Å². The zero-order chi connectivity index (χ0) is 87.1. The van der Waals surface area contributed by atoms with Gasteiger partial charge in [0.05, 0.1) is 18.8 Å². The van der Waals surface area contributed by atoms with Crippen molar-refractivity contribution in [3.8, 4) is 84.4 Å². The van der Waals surface area contributed by atoms with E-state index in [4.69, 9.17) is 9.47 Å². The molecule has 0 N–H and O–H groups in total. The lowest BCUT2D eigenvalue weighted by Gasteiger charge is -2.37. The Kier molecular flexibility index (Phi) is 29.6. The van der Waals surface area contributed by atoms with Gasteiger partial charge in [-0.25, -0.2) is 4.79 Å². The minimum absolute atomic E-state index is 0.332. The number of rotatable bonds is 34. The van der Waals surface area contributed by atoms with Crippen LogP contribution in [0.4, 0.5) is 0 Å². The second-order valence-electron chi connectivity index (χ2n) is 36.9. The fraction of sp³-hybridized carbons (Fsp3) is 0.304. The zero-order valence-electron chi connectivity index (χ0n) is 76.0. The van der Waals surface area contributed by atoms with E-state index >= 15 is 0 Å². The second-order valence-corrected chi connectivity index (χ2v) is 36.9. The van der Waals surface area contributed by atoms with Gasteiger partial charge in [0.1, 0.15) is 5.75 Å². The van der Waals surface area contributed by atoms with Gasteiger partial charge in [-0.3, -0.25) is 0 Å². The molecule has 128 heavy (non-hydrogen) atoms. The Labute approximate surface area is 765 Å². The molecule has 0 amide bonds. The predicted octanol–water partition coefficient (Wildman–Crippen LogP) is 33.4. The molecule has 3 aliphatic carbocycles. The highest BCUT2D eigenvalue weighted by molar-refractivity contribution is 5.92. The van der Waals surface area contributed by atoms with Gasteiger partial charge in [-0.1, -0.05) is 432 Å². The first-order chi connectivity index (χ1) is 63.2. The minimum atomic E-state index is -0.459. The standard InChI is InChI=1S/C125H128O3/c1-4-92-34-43-99(44-35-92)108-62-74-115(75-63-108)125(116-76-64-109(65-77-116)100-45-36-93(5-2)37-46-100,117-78-66-110(67-79-117)101-47-38-94(6-3)39-48-101)89-23-8-10-25-91-128-123(126)122-33-21-20-32-114(122)49-40-95-41-86-121(87-42-95)127-90-24-9-7-22-88-124(118-80-68-111(69-81-118)105-56-50-102(51-57-105)96-26-14-11-15-27-96,119-82-70-112(71-83-119)106-58-52-103(53-59-106)97-28-16-12-17-29-97)120-84-72-113(73-85-120)107-60-54-104(55-61-107)98-30-18-13-19-31-98/h20-21,32-39,41-48,50-87,96-98H,4-19,22-31,88-91H2,1-3H3. The van der Waals surface area contributed by atoms with Crippen molar-refractivity contribution in [3.63, 3.8) is 0 Å². The van der Waals surface area contributed by atoms with Gasteiger partial charge in [0.2, 0.25) is 0 Å². The summed E-state index contributed by atoms with van der Waals surface area (Å²) in [6.45, 7) is 7.59. The van der Waals surface area contributed by atoms with Crippen molar-refractivity contribution in [1.82, 2.24) is 0 Å². The molecule has 0 bridgehead atoms. The maximum atomic E-state index is 14.0. The van der Waals surface area contributed by atoms with Crippen LogP contribution in [0, 0.1) is 11.8 Å². The van der Waals surface area contributed by atoms with E-state index in [0.29, 0.717) is 42.1 Å². The Morgan fingerprint density at radius 1 is 0.273 bits per heavy atom. The monoisotopic (exact) mass is 1680 g/mol. The van der Waals surface area contributed by atoms with Gasteiger partial charge >= 0.3 is 5.97 Å². The average Bonchev–Trinajstić information content (AvgIpc) is 0.750. The summed E-state index contributed by atoms with van der Waals surface area (Å²) in [7, 11) is 0. The fourth-order valence-electron chi connectivity index (χ4n) is 21.2. The average molecular weight is 1680 g/mol. The van der Waals surface area contributed by atoms with Crippen molar-refractivity contribution in [3.05, 3.63) is 423 Å². The zero-order valence-corrected chi connectivity index (χ0v) is 76.0. The van der Waals surface area contributed by atoms with Crippen molar-refractivity contribution in [2.75, 3.05) is 13.2 Å². The molecule has 0 heterocycles. The smallest absolute Gasteiger partial charge is 0.339 e. The summed E-state index contributed by atoms with van der Waals surface area (Å²) in [4.78, 5) is 14.0. The molecule has 0 radical (unpaired) electrons. The first-order valence-electron chi connectivity index (χ1n) is 48.9. The maximum absolute atomic E-state index is 14.0. The van der Waals surface area contributed by atoms with E-state index in [1.165, 1.54) is 230 Å². The Hall–Kier alpha value is -12.1. The summed E-state index contributed by atoms with van der Waals surface area (Å²) in [5.41, 5.74) is 32.3. The first-order valence-corrected chi connectivity index (χ1v) is 48.9. The van der Waals surface area contributed by atoms with Crippen molar-refractivity contribution < 1.29 is 14.3 Å². The molecule has 14 aromatic rings. The second kappa shape index (κ2) is 43.1. The topological polar surface area (TPSA) is 35.5 Å². The molecule has 3 heteroatoms. The van der Waals surface area contributed by atoms with E-state index in [9.17, 15) is 4.79 Å². The Morgan fingerprint density at radius 2 is 0.539 bits per heavy atom. The molecular formula is C125H128O3. The van der Waals surface area contributed by atoms with Gasteiger partial charge < -0.3 is 9.47 Å². The van der Waals surface area contributed by atoms with Crippen LogP contribution in [0.1, 0.15) is 287 Å². The lowest BCUT2D eigenvalue weighted by Crippen LogP contribution is -2.29. The van der Waals surface area contributed by atoms with Crippen LogP contribution >= 0.6 is 0 Å². The lowest BCUT2D eigenvalue weighted by molar-refractivity contribution is 0.0497. The SMILES string of the molecule is CCc1ccc(-c2ccc(C(CCCCCCOC(=O)c3ccccc3C#Cc3ccc(OCCCCCCC(c4ccc(-c5ccc(C6CCCCC6)cc5)cc4)(c4ccc(-c5ccc(C6CCCCC6)cc5)cc4)c4ccc(-c5ccc(C6CCCCC6)cc5)cc4)cc3)(c3ccc(-c4ccc(CC)cc4)cc3)c3ccc(-c4ccc(CC)cc4)cc3)cc2)cc1. The summed E-state index contributed by atoms with van der Waals surface area (Å²) in [5.74, 6) is 9.21. The highest BCUT2D eigenvalue weighted by Crippen LogP contribution is 2.49. The Balaban J connectivity index is 0.544. The molecule has 3 nitrogen and oxygen atoms in total. The van der Waals surface area contributed by atoms with Crippen LogP contribution in [0.3, 0.4) is 0 Å². The molecule has 0 saturated heterocycles. The molecule has 0 aliphatic heterocycles. The summed E-state index contributed by atoms with van der Waals surface area (Å²) in [6, 6.07) is 129. The number of esters is 1. The number of aryl methyl sites for hydroxylation is 3. The van der Waals surface area contributed by atoms with E-state index < -0.39 is 10.8 Å². The summed E-state index contributed by atoms with van der Waals surface area (Å²) in [5, 5.41) is 0. The Bertz CT molecular complexity index is 5420. The summed E-state index contributed by atoms with van der Waals surface area (Å²) < 4.78 is 12.6. The van der Waals surface area contributed by atoms with Crippen LogP contribution in [-0.4, -0.2) is 19.2 Å². The lowest BCUT2D eigenvalue weighted by atomic mass is 9.66. The molecule has 14 aromatic carbocycles. The minimum Gasteiger partial charge on any atom is -0.494 e. The van der Waals surface area contributed by atoms with Gasteiger partial charge in [-0.2, -0.15) is 0 Å². The van der Waals surface area contributed by atoms with Gasteiger partial charge in [0.15, 0.2) is 0 Å². The number of ether oxygens (including phenoxy) is 2. The fourth-order valence-corrected chi connectivity index (χ4v) is 21.2. The van der Waals surface area contributed by atoms with Crippen LogP contribution in [0.2, 0.25) is 0 Å². The highest BCUT2D eigenvalue weighted by Gasteiger charge is 2.38. The molecule has 3 aliphatic rings. The number of carbonyl (C=O) groups excluding carboxylic acids is 1. The number of benzene rings is 14. The number of unbranched alkanes of at least 4 members (excludes halogenated alkanes) is 6. The van der Waals surface area contributed by atoms with Gasteiger partial charge in [0, 0.05) is 22.0 Å². The molecule has 3 saturated carbocycles. The maximum Gasteiger partial charge on any atom is 0.339 e. The van der Waals surface area contributed by atoms with Crippen LogP contribution in [0.15, 0.2) is 340 Å². The van der Waals surface area contributed by atoms with Crippen molar-refractivity contribution in [1.29, 1.82) is 0 Å². The molecule has 0 unspecified atom stereocenters. The van der Waals surface area contributed by atoms with E-state index in [1.54, 1.807) is 0 Å². The van der Waals surface area contributed by atoms with Crippen LogP contribution < -0.4 is 4.74 Å². The molecule has 0 spiro atoms. The van der Waals surface area contributed by atoms with Crippen LogP contribution in [0.25, 0.3) is 66.8 Å². The Morgan fingerprint density at radius 3 is 0.836 bits per heavy atom. The van der Waals surface area contributed by atoms with Gasteiger partial charge in [-0.15, -0.1) is 0 Å². The normalized spacial score (nSPS) is 14.1. The highest BCUT2D eigenvalue weighted by atomic mass is 16.5.